The lowest BCUT2D eigenvalue weighted by molar-refractivity contribution is 0.0527. The molecule has 0 aliphatic carbocycles. The first kappa shape index (κ1) is 13.0. The molecule has 0 radical (unpaired) electrons. The summed E-state index contributed by atoms with van der Waals surface area (Å²) in [5, 5.41) is 8.87. The zero-order chi connectivity index (χ0) is 10.9. The van der Waals surface area contributed by atoms with E-state index in [9.17, 15) is 0 Å². The molecule has 0 aromatic rings. The van der Waals surface area contributed by atoms with Crippen molar-refractivity contribution in [3.63, 3.8) is 0 Å². The Morgan fingerprint density at radius 2 is 1.60 bits per heavy atom. The molecular weight excluding hydrogens is 186 g/mol. The van der Waals surface area contributed by atoms with E-state index in [4.69, 9.17) is 5.11 Å². The highest BCUT2D eigenvalue weighted by atomic mass is 16.3. The Labute approximate surface area is 94.7 Å². The van der Waals surface area contributed by atoms with Crippen molar-refractivity contribution >= 4 is 0 Å². The van der Waals surface area contributed by atoms with Crippen LogP contribution in [0.25, 0.3) is 0 Å². The summed E-state index contributed by atoms with van der Waals surface area (Å²) in [7, 11) is 0. The molecule has 1 saturated heterocycles. The second-order valence-electron chi connectivity index (χ2n) is 4.93. The first-order valence-corrected chi connectivity index (χ1v) is 6.70. The van der Waals surface area contributed by atoms with Crippen molar-refractivity contribution in [2.24, 2.45) is 5.92 Å². The average Bonchev–Trinajstić information content (AvgIpc) is 2.19. The zero-order valence-electron chi connectivity index (χ0n) is 10.2. The number of unbranched alkanes of at least 4 members (excludes halogenated alkanes) is 6. The summed E-state index contributed by atoms with van der Waals surface area (Å²) in [6, 6.07) is 0. The third-order valence-corrected chi connectivity index (χ3v) is 3.37. The second-order valence-corrected chi connectivity index (χ2v) is 4.93. The van der Waals surface area contributed by atoms with Crippen LogP contribution in [0, 0.1) is 5.92 Å². The summed E-state index contributed by atoms with van der Waals surface area (Å²) in [5.74, 6) is 0.578. The number of hydrogen-bond donors (Lipinski definition) is 1. The highest BCUT2D eigenvalue weighted by Gasteiger charge is 2.24. The van der Waals surface area contributed by atoms with E-state index >= 15 is 0 Å². The predicted molar refractivity (Wildman–Crippen MR) is 65.0 cm³/mol. The van der Waals surface area contributed by atoms with Crippen LogP contribution in [0.1, 0.15) is 51.9 Å². The average molecular weight is 213 g/mol. The van der Waals surface area contributed by atoms with Gasteiger partial charge < -0.3 is 10.0 Å². The third kappa shape index (κ3) is 5.53. The van der Waals surface area contributed by atoms with Crippen LogP contribution in [0.2, 0.25) is 0 Å². The van der Waals surface area contributed by atoms with Gasteiger partial charge in [-0.1, -0.05) is 45.4 Å². The van der Waals surface area contributed by atoms with Crippen LogP contribution in [0.4, 0.5) is 0 Å². The fourth-order valence-corrected chi connectivity index (χ4v) is 2.27. The van der Waals surface area contributed by atoms with Gasteiger partial charge in [0.05, 0.1) is 0 Å². The normalized spacial score (nSPS) is 18.0. The first-order chi connectivity index (χ1) is 7.36. The molecule has 1 heterocycles. The lowest BCUT2D eigenvalue weighted by Gasteiger charge is -2.38. The predicted octanol–water partition coefficient (Wildman–Crippen LogP) is 2.66. The molecule has 15 heavy (non-hydrogen) atoms. The van der Waals surface area contributed by atoms with Gasteiger partial charge in [-0.05, 0) is 13.0 Å². The first-order valence-electron chi connectivity index (χ1n) is 6.70. The third-order valence-electron chi connectivity index (χ3n) is 3.37. The van der Waals surface area contributed by atoms with Crippen molar-refractivity contribution < 1.29 is 5.11 Å². The Morgan fingerprint density at radius 1 is 1.00 bits per heavy atom. The molecular formula is C13H27NO. The van der Waals surface area contributed by atoms with Gasteiger partial charge in [0.15, 0.2) is 0 Å². The minimum Gasteiger partial charge on any atom is -0.396 e. The molecule has 1 aliphatic heterocycles. The van der Waals surface area contributed by atoms with Crippen LogP contribution < -0.4 is 0 Å². The number of rotatable bonds is 9. The number of likely N-dealkylation sites (tertiary alicyclic amines) is 1. The number of aliphatic hydroxyl groups excluding tert-OH is 1. The summed E-state index contributed by atoms with van der Waals surface area (Å²) in [5.41, 5.74) is 0. The molecule has 1 aliphatic rings. The summed E-state index contributed by atoms with van der Waals surface area (Å²) in [4.78, 5) is 2.47. The summed E-state index contributed by atoms with van der Waals surface area (Å²) < 4.78 is 0. The van der Waals surface area contributed by atoms with Gasteiger partial charge in [-0.2, -0.15) is 0 Å². The monoisotopic (exact) mass is 213 g/mol. The van der Waals surface area contributed by atoms with E-state index in [0.29, 0.717) is 12.5 Å². The molecule has 90 valence electrons. The molecule has 1 rings (SSSR count). The highest BCUT2D eigenvalue weighted by Crippen LogP contribution is 2.15. The smallest absolute Gasteiger partial charge is 0.0483 e. The maximum atomic E-state index is 8.87. The van der Waals surface area contributed by atoms with Crippen molar-refractivity contribution in [3.8, 4) is 0 Å². The molecule has 0 spiro atoms. The van der Waals surface area contributed by atoms with Gasteiger partial charge in [0.2, 0.25) is 0 Å². The summed E-state index contributed by atoms with van der Waals surface area (Å²) in [6.07, 6.45) is 9.76. The largest absolute Gasteiger partial charge is 0.396 e. The van der Waals surface area contributed by atoms with E-state index < -0.39 is 0 Å². The van der Waals surface area contributed by atoms with Crippen molar-refractivity contribution in [2.45, 2.75) is 51.9 Å². The van der Waals surface area contributed by atoms with Gasteiger partial charge in [-0.15, -0.1) is 0 Å². The van der Waals surface area contributed by atoms with Crippen LogP contribution in [0.3, 0.4) is 0 Å². The van der Waals surface area contributed by atoms with Gasteiger partial charge in [-0.3, -0.25) is 0 Å². The molecule has 0 amide bonds. The molecule has 0 aromatic heterocycles. The second kappa shape index (κ2) is 8.12. The van der Waals surface area contributed by atoms with Crippen LogP contribution in [0.5, 0.6) is 0 Å². The van der Waals surface area contributed by atoms with Crippen LogP contribution >= 0.6 is 0 Å². The van der Waals surface area contributed by atoms with E-state index in [2.05, 4.69) is 11.8 Å². The molecule has 0 bridgehead atoms. The SMILES string of the molecule is CCCCCCCCCN1CC(CO)C1. The molecule has 2 heteroatoms. The Morgan fingerprint density at radius 3 is 2.20 bits per heavy atom. The highest BCUT2D eigenvalue weighted by molar-refractivity contribution is 4.78. The van der Waals surface area contributed by atoms with Crippen LogP contribution in [-0.2, 0) is 0 Å². The summed E-state index contributed by atoms with van der Waals surface area (Å²) in [6.45, 7) is 6.16. The topological polar surface area (TPSA) is 23.5 Å². The van der Waals surface area contributed by atoms with Gasteiger partial charge >= 0.3 is 0 Å². The fraction of sp³-hybridized carbons (Fsp3) is 1.00. The van der Waals surface area contributed by atoms with E-state index in [1.807, 2.05) is 0 Å². The lowest BCUT2D eigenvalue weighted by Crippen LogP contribution is -2.48. The number of nitrogens with zero attached hydrogens (tertiary/aromatic N) is 1. The summed E-state index contributed by atoms with van der Waals surface area (Å²) >= 11 is 0. The minimum atomic E-state index is 0.382. The van der Waals surface area contributed by atoms with Crippen LogP contribution in [-0.4, -0.2) is 36.2 Å². The van der Waals surface area contributed by atoms with Crippen molar-refractivity contribution in [3.05, 3.63) is 0 Å². The Balaban J connectivity index is 1.74. The quantitative estimate of drug-likeness (QED) is 0.595. The van der Waals surface area contributed by atoms with E-state index in [1.165, 1.54) is 51.5 Å². The van der Waals surface area contributed by atoms with E-state index in [0.717, 1.165) is 13.1 Å². The van der Waals surface area contributed by atoms with E-state index in [1.54, 1.807) is 0 Å². The Bertz CT molecular complexity index is 143. The molecule has 1 N–H and O–H groups in total. The maximum Gasteiger partial charge on any atom is 0.0483 e. The lowest BCUT2D eigenvalue weighted by atomic mass is 10.0. The zero-order valence-corrected chi connectivity index (χ0v) is 10.2. The molecule has 0 saturated carbocycles. The van der Waals surface area contributed by atoms with Gasteiger partial charge in [0.1, 0.15) is 0 Å². The maximum absolute atomic E-state index is 8.87. The minimum absolute atomic E-state index is 0.382. The van der Waals surface area contributed by atoms with Gasteiger partial charge in [0, 0.05) is 25.6 Å². The van der Waals surface area contributed by atoms with Crippen molar-refractivity contribution in [1.82, 2.24) is 4.90 Å². The Hall–Kier alpha value is -0.0800. The Kier molecular flexibility index (Phi) is 7.03. The molecule has 1 fully saturated rings. The van der Waals surface area contributed by atoms with Crippen molar-refractivity contribution in [2.75, 3.05) is 26.2 Å². The fourth-order valence-electron chi connectivity index (χ4n) is 2.27. The molecule has 0 unspecified atom stereocenters. The van der Waals surface area contributed by atoms with Gasteiger partial charge in [0.25, 0.3) is 0 Å². The van der Waals surface area contributed by atoms with Gasteiger partial charge in [-0.25, -0.2) is 0 Å². The van der Waals surface area contributed by atoms with Crippen LogP contribution in [0.15, 0.2) is 0 Å². The number of hydrogen-bond acceptors (Lipinski definition) is 2. The molecule has 0 atom stereocenters. The van der Waals surface area contributed by atoms with Crippen molar-refractivity contribution in [1.29, 1.82) is 0 Å². The number of aliphatic hydroxyl groups is 1. The molecule has 2 nitrogen and oxygen atoms in total. The van der Waals surface area contributed by atoms with E-state index in [-0.39, 0.29) is 0 Å². The molecule has 0 aromatic carbocycles. The standard InChI is InChI=1S/C13H27NO/c1-2-3-4-5-6-7-8-9-14-10-13(11-14)12-15/h13,15H,2-12H2,1H3.